The van der Waals surface area contributed by atoms with Crippen LogP contribution >= 0.6 is 0 Å². The monoisotopic (exact) mass is 212 g/mol. The first-order valence-corrected chi connectivity index (χ1v) is 6.37. The lowest BCUT2D eigenvalue weighted by Gasteiger charge is -2.21. The van der Waals surface area contributed by atoms with Gasteiger partial charge in [-0.3, -0.25) is 4.79 Å². The Hall–Kier alpha value is -0.530. The first kappa shape index (κ1) is 12.5. The van der Waals surface area contributed by atoms with Crippen LogP contribution in [0.5, 0.6) is 0 Å². The maximum atomic E-state index is 11.2. The van der Waals surface area contributed by atoms with Crippen molar-refractivity contribution >= 4 is 5.97 Å². The van der Waals surface area contributed by atoms with Gasteiger partial charge in [0.25, 0.3) is 0 Å². The van der Waals surface area contributed by atoms with Gasteiger partial charge in [0.1, 0.15) is 0 Å². The van der Waals surface area contributed by atoms with Gasteiger partial charge in [0.2, 0.25) is 0 Å². The average molecular weight is 212 g/mol. The summed E-state index contributed by atoms with van der Waals surface area (Å²) in [4.78, 5) is 11.2. The second-order valence-electron chi connectivity index (χ2n) is 4.97. The van der Waals surface area contributed by atoms with Gasteiger partial charge in [-0.25, -0.2) is 0 Å². The standard InChI is InChI=1S/C13H24O2/c1-11(2)13(14)15-10-6-9-12-7-4-3-5-8-12/h11-12H,3-10H2,1-2H3. The molecular formula is C13H24O2. The SMILES string of the molecule is CC(C)C(=O)OCCCC1CCCCC1. The highest BCUT2D eigenvalue weighted by atomic mass is 16.5. The van der Waals surface area contributed by atoms with E-state index in [1.807, 2.05) is 13.8 Å². The fraction of sp³-hybridized carbons (Fsp3) is 0.923. The van der Waals surface area contributed by atoms with Gasteiger partial charge in [0, 0.05) is 0 Å². The molecule has 2 heteroatoms. The van der Waals surface area contributed by atoms with Crippen LogP contribution in [-0.4, -0.2) is 12.6 Å². The molecule has 0 saturated heterocycles. The maximum Gasteiger partial charge on any atom is 0.308 e. The molecule has 88 valence electrons. The van der Waals surface area contributed by atoms with Crippen molar-refractivity contribution in [3.8, 4) is 0 Å². The Kier molecular flexibility index (Phi) is 5.74. The van der Waals surface area contributed by atoms with Gasteiger partial charge in [0.15, 0.2) is 0 Å². The van der Waals surface area contributed by atoms with E-state index >= 15 is 0 Å². The molecule has 0 aromatic carbocycles. The predicted octanol–water partition coefficient (Wildman–Crippen LogP) is 3.55. The Balaban J connectivity index is 1.98. The first-order chi connectivity index (χ1) is 7.20. The minimum absolute atomic E-state index is 0.0136. The fourth-order valence-corrected chi connectivity index (χ4v) is 2.19. The van der Waals surface area contributed by atoms with Crippen molar-refractivity contribution in [2.45, 2.75) is 58.8 Å². The van der Waals surface area contributed by atoms with Crippen molar-refractivity contribution in [2.75, 3.05) is 6.61 Å². The van der Waals surface area contributed by atoms with E-state index in [-0.39, 0.29) is 11.9 Å². The van der Waals surface area contributed by atoms with E-state index in [9.17, 15) is 4.79 Å². The molecule has 0 spiro atoms. The highest BCUT2D eigenvalue weighted by Crippen LogP contribution is 2.27. The Bertz CT molecular complexity index is 181. The number of ether oxygens (including phenoxy) is 1. The van der Waals surface area contributed by atoms with Crippen LogP contribution in [0, 0.1) is 11.8 Å². The van der Waals surface area contributed by atoms with Crippen molar-refractivity contribution in [1.82, 2.24) is 0 Å². The molecular weight excluding hydrogens is 188 g/mol. The molecule has 2 nitrogen and oxygen atoms in total. The molecule has 0 radical (unpaired) electrons. The molecule has 1 fully saturated rings. The summed E-state index contributed by atoms with van der Waals surface area (Å²) >= 11 is 0. The Morgan fingerprint density at radius 2 is 1.93 bits per heavy atom. The van der Waals surface area contributed by atoms with Crippen LogP contribution < -0.4 is 0 Å². The quantitative estimate of drug-likeness (QED) is 0.514. The molecule has 0 aliphatic heterocycles. The molecule has 0 unspecified atom stereocenters. The topological polar surface area (TPSA) is 26.3 Å². The lowest BCUT2D eigenvalue weighted by molar-refractivity contribution is -0.147. The summed E-state index contributed by atoms with van der Waals surface area (Å²) in [5.74, 6) is 0.856. The summed E-state index contributed by atoms with van der Waals surface area (Å²) in [5, 5.41) is 0. The van der Waals surface area contributed by atoms with Gasteiger partial charge in [-0.1, -0.05) is 46.0 Å². The van der Waals surface area contributed by atoms with Gasteiger partial charge in [-0.2, -0.15) is 0 Å². The van der Waals surface area contributed by atoms with Crippen LogP contribution in [0.15, 0.2) is 0 Å². The molecule has 0 N–H and O–H groups in total. The second kappa shape index (κ2) is 6.86. The van der Waals surface area contributed by atoms with Crippen molar-refractivity contribution in [3.05, 3.63) is 0 Å². The van der Waals surface area contributed by atoms with Crippen LogP contribution in [0.4, 0.5) is 0 Å². The number of esters is 1. The summed E-state index contributed by atoms with van der Waals surface area (Å²) in [6.45, 7) is 4.38. The van der Waals surface area contributed by atoms with Gasteiger partial charge in [-0.15, -0.1) is 0 Å². The normalized spacial score (nSPS) is 18.1. The van der Waals surface area contributed by atoms with Crippen molar-refractivity contribution in [1.29, 1.82) is 0 Å². The summed E-state index contributed by atoms with van der Waals surface area (Å²) in [6, 6.07) is 0. The second-order valence-corrected chi connectivity index (χ2v) is 4.97. The predicted molar refractivity (Wildman–Crippen MR) is 61.6 cm³/mol. The Morgan fingerprint density at radius 3 is 2.53 bits per heavy atom. The lowest BCUT2D eigenvalue weighted by atomic mass is 9.86. The van der Waals surface area contributed by atoms with E-state index in [1.54, 1.807) is 0 Å². The van der Waals surface area contributed by atoms with Crippen LogP contribution in [0.3, 0.4) is 0 Å². The fourth-order valence-electron chi connectivity index (χ4n) is 2.19. The summed E-state index contributed by atoms with van der Waals surface area (Å²) < 4.78 is 5.16. The van der Waals surface area contributed by atoms with Crippen molar-refractivity contribution in [3.63, 3.8) is 0 Å². The lowest BCUT2D eigenvalue weighted by Crippen LogP contribution is -2.13. The third kappa shape index (κ3) is 5.19. The highest BCUT2D eigenvalue weighted by molar-refractivity contribution is 5.71. The molecule has 0 bridgehead atoms. The molecule has 15 heavy (non-hydrogen) atoms. The molecule has 1 aliphatic carbocycles. The smallest absolute Gasteiger partial charge is 0.308 e. The molecule has 1 rings (SSSR count). The van der Waals surface area contributed by atoms with E-state index in [1.165, 1.54) is 38.5 Å². The number of hydrogen-bond donors (Lipinski definition) is 0. The zero-order valence-corrected chi connectivity index (χ0v) is 10.1. The minimum atomic E-state index is -0.0568. The first-order valence-electron chi connectivity index (χ1n) is 6.37. The van der Waals surface area contributed by atoms with Crippen LogP contribution in [0.2, 0.25) is 0 Å². The molecule has 0 aromatic heterocycles. The largest absolute Gasteiger partial charge is 0.465 e. The van der Waals surface area contributed by atoms with Crippen molar-refractivity contribution < 1.29 is 9.53 Å². The Morgan fingerprint density at radius 1 is 1.27 bits per heavy atom. The van der Waals surface area contributed by atoms with Crippen LogP contribution in [0.25, 0.3) is 0 Å². The van der Waals surface area contributed by atoms with Crippen LogP contribution in [0.1, 0.15) is 58.8 Å². The summed E-state index contributed by atoms with van der Waals surface area (Å²) in [7, 11) is 0. The molecule has 1 aliphatic rings. The zero-order valence-electron chi connectivity index (χ0n) is 10.1. The zero-order chi connectivity index (χ0) is 11.1. The average Bonchev–Trinajstić information content (AvgIpc) is 2.25. The Labute approximate surface area is 93.4 Å². The van der Waals surface area contributed by atoms with Gasteiger partial charge < -0.3 is 4.74 Å². The van der Waals surface area contributed by atoms with Crippen LogP contribution in [-0.2, 0) is 9.53 Å². The van der Waals surface area contributed by atoms with Gasteiger partial charge in [0.05, 0.1) is 12.5 Å². The number of carbonyl (C=O) groups excluding carboxylic acids is 1. The van der Waals surface area contributed by atoms with E-state index in [0.29, 0.717) is 6.61 Å². The van der Waals surface area contributed by atoms with Gasteiger partial charge in [-0.05, 0) is 18.8 Å². The molecule has 0 amide bonds. The van der Waals surface area contributed by atoms with E-state index in [4.69, 9.17) is 4.74 Å². The summed E-state index contributed by atoms with van der Waals surface area (Å²) in [6.07, 6.45) is 9.27. The number of carbonyl (C=O) groups is 1. The number of hydrogen-bond acceptors (Lipinski definition) is 2. The summed E-state index contributed by atoms with van der Waals surface area (Å²) in [5.41, 5.74) is 0. The van der Waals surface area contributed by atoms with E-state index < -0.39 is 0 Å². The van der Waals surface area contributed by atoms with Crippen molar-refractivity contribution in [2.24, 2.45) is 11.8 Å². The molecule has 0 aromatic rings. The van der Waals surface area contributed by atoms with E-state index in [2.05, 4.69) is 0 Å². The third-order valence-electron chi connectivity index (χ3n) is 3.20. The van der Waals surface area contributed by atoms with Gasteiger partial charge >= 0.3 is 5.97 Å². The maximum absolute atomic E-state index is 11.2. The molecule has 0 heterocycles. The highest BCUT2D eigenvalue weighted by Gasteiger charge is 2.13. The molecule has 1 saturated carbocycles. The van der Waals surface area contributed by atoms with E-state index in [0.717, 1.165) is 12.3 Å². The number of rotatable bonds is 5. The minimum Gasteiger partial charge on any atom is -0.465 e. The molecule has 0 atom stereocenters. The third-order valence-corrected chi connectivity index (χ3v) is 3.20.